The number of aryl methyl sites for hydroxylation is 3. The molecule has 4 heteroatoms. The summed E-state index contributed by atoms with van der Waals surface area (Å²) in [5.41, 5.74) is 5.52. The Labute approximate surface area is 157 Å². The lowest BCUT2D eigenvalue weighted by molar-refractivity contribution is 0.0951. The molecule has 5 rings (SSSR count). The van der Waals surface area contributed by atoms with Crippen molar-refractivity contribution in [1.29, 1.82) is 0 Å². The fourth-order valence-corrected chi connectivity index (χ4v) is 4.31. The lowest BCUT2D eigenvalue weighted by atomic mass is 9.99. The predicted octanol–water partition coefficient (Wildman–Crippen LogP) is 4.24. The van der Waals surface area contributed by atoms with Gasteiger partial charge in [0.05, 0.1) is 17.6 Å². The smallest absolute Gasteiger partial charge is 0.252 e. The Morgan fingerprint density at radius 2 is 1.85 bits per heavy atom. The van der Waals surface area contributed by atoms with Gasteiger partial charge in [0, 0.05) is 12.1 Å². The van der Waals surface area contributed by atoms with Crippen LogP contribution in [0.1, 0.15) is 34.2 Å². The topological polar surface area (TPSA) is 46.9 Å². The van der Waals surface area contributed by atoms with E-state index in [0.717, 1.165) is 47.2 Å². The van der Waals surface area contributed by atoms with E-state index in [2.05, 4.69) is 47.1 Å². The molecule has 1 aliphatic rings. The molecule has 1 heterocycles. The molecule has 0 bridgehead atoms. The van der Waals surface area contributed by atoms with Gasteiger partial charge < -0.3 is 9.88 Å². The number of aromatic nitrogens is 2. The molecule has 4 aromatic rings. The first-order valence-electron chi connectivity index (χ1n) is 9.52. The van der Waals surface area contributed by atoms with Crippen LogP contribution in [0.2, 0.25) is 0 Å². The van der Waals surface area contributed by atoms with E-state index in [1.165, 1.54) is 16.5 Å². The van der Waals surface area contributed by atoms with Crippen LogP contribution in [0, 0.1) is 0 Å². The Balaban J connectivity index is 1.46. The highest BCUT2D eigenvalue weighted by molar-refractivity contribution is 6.09. The van der Waals surface area contributed by atoms with Crippen LogP contribution in [-0.4, -0.2) is 15.5 Å². The molecule has 0 saturated heterocycles. The SMILES string of the molecule is CCn1c(CNC(=O)c2ccc3c4c(cccc24)CC3)nc2ccccc21. The van der Waals surface area contributed by atoms with Crippen LogP contribution in [0.15, 0.2) is 54.6 Å². The van der Waals surface area contributed by atoms with E-state index in [0.29, 0.717) is 6.54 Å². The van der Waals surface area contributed by atoms with Gasteiger partial charge in [0.25, 0.3) is 5.91 Å². The van der Waals surface area contributed by atoms with Crippen LogP contribution in [-0.2, 0) is 25.9 Å². The Hall–Kier alpha value is -3.14. The summed E-state index contributed by atoms with van der Waals surface area (Å²) < 4.78 is 2.16. The minimum absolute atomic E-state index is 0.0414. The summed E-state index contributed by atoms with van der Waals surface area (Å²) in [5, 5.41) is 5.41. The van der Waals surface area contributed by atoms with Gasteiger partial charge in [0.15, 0.2) is 0 Å². The molecule has 1 aromatic heterocycles. The Bertz CT molecular complexity index is 1180. The molecule has 3 aromatic carbocycles. The second kappa shape index (κ2) is 6.23. The van der Waals surface area contributed by atoms with Crippen molar-refractivity contribution in [3.8, 4) is 0 Å². The zero-order valence-corrected chi connectivity index (χ0v) is 15.3. The molecule has 1 amide bonds. The Kier molecular flexibility index (Phi) is 3.71. The van der Waals surface area contributed by atoms with Crippen LogP contribution in [0.3, 0.4) is 0 Å². The summed E-state index contributed by atoms with van der Waals surface area (Å²) >= 11 is 0. The molecule has 27 heavy (non-hydrogen) atoms. The molecular weight excluding hydrogens is 334 g/mol. The third-order valence-electron chi connectivity index (χ3n) is 5.58. The predicted molar refractivity (Wildman–Crippen MR) is 108 cm³/mol. The maximum Gasteiger partial charge on any atom is 0.252 e. The first-order valence-corrected chi connectivity index (χ1v) is 9.52. The van der Waals surface area contributed by atoms with Crippen molar-refractivity contribution in [3.05, 3.63) is 77.1 Å². The van der Waals surface area contributed by atoms with Gasteiger partial charge in [-0.25, -0.2) is 4.98 Å². The summed E-state index contributed by atoms with van der Waals surface area (Å²) in [5.74, 6) is 0.846. The number of hydrogen-bond donors (Lipinski definition) is 1. The maximum absolute atomic E-state index is 12.9. The fraction of sp³-hybridized carbons (Fsp3) is 0.217. The third-order valence-corrected chi connectivity index (χ3v) is 5.58. The van der Waals surface area contributed by atoms with Crippen molar-refractivity contribution in [2.45, 2.75) is 32.9 Å². The lowest BCUT2D eigenvalue weighted by Gasteiger charge is -2.11. The standard InChI is InChI=1S/C23H21N3O/c1-2-26-20-9-4-3-8-19(20)25-21(26)14-24-23(27)18-13-12-16-11-10-15-6-5-7-17(18)22(15)16/h3-9,12-13H,2,10-11,14H2,1H3,(H,24,27). The fourth-order valence-electron chi connectivity index (χ4n) is 4.31. The van der Waals surface area contributed by atoms with Crippen LogP contribution < -0.4 is 5.32 Å². The van der Waals surface area contributed by atoms with E-state index in [-0.39, 0.29) is 5.91 Å². The second-order valence-corrected chi connectivity index (χ2v) is 7.06. The normalized spacial score (nSPS) is 12.8. The van der Waals surface area contributed by atoms with Gasteiger partial charge in [-0.2, -0.15) is 0 Å². The summed E-state index contributed by atoms with van der Waals surface area (Å²) in [6.45, 7) is 3.35. The second-order valence-electron chi connectivity index (χ2n) is 7.06. The molecule has 0 saturated carbocycles. The van der Waals surface area contributed by atoms with Gasteiger partial charge in [-0.05, 0) is 59.9 Å². The highest BCUT2D eigenvalue weighted by Crippen LogP contribution is 2.32. The highest BCUT2D eigenvalue weighted by Gasteiger charge is 2.19. The third kappa shape index (κ3) is 2.52. The van der Waals surface area contributed by atoms with Crippen molar-refractivity contribution in [3.63, 3.8) is 0 Å². The number of amides is 1. The number of hydrogen-bond acceptors (Lipinski definition) is 2. The number of rotatable bonds is 4. The van der Waals surface area contributed by atoms with Gasteiger partial charge in [0.2, 0.25) is 0 Å². The molecule has 134 valence electrons. The summed E-state index contributed by atoms with van der Waals surface area (Å²) in [4.78, 5) is 17.6. The Morgan fingerprint density at radius 3 is 2.70 bits per heavy atom. The molecule has 0 radical (unpaired) electrons. The number of carbonyl (C=O) groups excluding carboxylic acids is 1. The molecule has 0 spiro atoms. The molecular formula is C23H21N3O. The van der Waals surface area contributed by atoms with Crippen molar-refractivity contribution in [1.82, 2.24) is 14.9 Å². The number of carbonyl (C=O) groups is 1. The first-order chi connectivity index (χ1) is 13.3. The zero-order chi connectivity index (χ0) is 18.4. The summed E-state index contributed by atoms with van der Waals surface area (Å²) in [7, 11) is 0. The summed E-state index contributed by atoms with van der Waals surface area (Å²) in [6, 6.07) is 18.4. The number of nitrogens with one attached hydrogen (secondary N) is 1. The maximum atomic E-state index is 12.9. The van der Waals surface area contributed by atoms with E-state index in [1.54, 1.807) is 0 Å². The molecule has 1 aliphatic carbocycles. The van der Waals surface area contributed by atoms with E-state index < -0.39 is 0 Å². The van der Waals surface area contributed by atoms with Gasteiger partial charge in [-0.3, -0.25) is 4.79 Å². The number of para-hydroxylation sites is 2. The largest absolute Gasteiger partial charge is 0.345 e. The first kappa shape index (κ1) is 16.1. The molecule has 4 nitrogen and oxygen atoms in total. The minimum Gasteiger partial charge on any atom is -0.345 e. The average molecular weight is 355 g/mol. The van der Waals surface area contributed by atoms with Gasteiger partial charge in [0.1, 0.15) is 5.82 Å². The number of fused-ring (bicyclic) bond motifs is 1. The minimum atomic E-state index is -0.0414. The zero-order valence-electron chi connectivity index (χ0n) is 15.3. The molecule has 0 unspecified atom stereocenters. The quantitative estimate of drug-likeness (QED) is 0.595. The highest BCUT2D eigenvalue weighted by atomic mass is 16.1. The number of benzene rings is 3. The lowest BCUT2D eigenvalue weighted by Crippen LogP contribution is -2.25. The van der Waals surface area contributed by atoms with E-state index in [1.807, 2.05) is 24.3 Å². The van der Waals surface area contributed by atoms with Crippen LogP contribution >= 0.6 is 0 Å². The van der Waals surface area contributed by atoms with Crippen LogP contribution in [0.5, 0.6) is 0 Å². The van der Waals surface area contributed by atoms with Crippen molar-refractivity contribution in [2.24, 2.45) is 0 Å². The molecule has 0 fully saturated rings. The van der Waals surface area contributed by atoms with E-state index in [4.69, 9.17) is 4.98 Å². The van der Waals surface area contributed by atoms with E-state index in [9.17, 15) is 4.79 Å². The van der Waals surface area contributed by atoms with Crippen molar-refractivity contribution in [2.75, 3.05) is 0 Å². The van der Waals surface area contributed by atoms with Gasteiger partial charge >= 0.3 is 0 Å². The van der Waals surface area contributed by atoms with Gasteiger partial charge in [-0.1, -0.05) is 36.4 Å². The van der Waals surface area contributed by atoms with Crippen LogP contribution in [0.25, 0.3) is 21.8 Å². The van der Waals surface area contributed by atoms with Crippen molar-refractivity contribution < 1.29 is 4.79 Å². The number of nitrogens with zero attached hydrogens (tertiary/aromatic N) is 2. The molecule has 0 atom stereocenters. The van der Waals surface area contributed by atoms with Gasteiger partial charge in [-0.15, -0.1) is 0 Å². The van der Waals surface area contributed by atoms with Crippen LogP contribution in [0.4, 0.5) is 0 Å². The molecule has 0 aliphatic heterocycles. The summed E-state index contributed by atoms with van der Waals surface area (Å²) in [6.07, 6.45) is 2.14. The molecule has 1 N–H and O–H groups in total. The Morgan fingerprint density at radius 1 is 1.04 bits per heavy atom. The monoisotopic (exact) mass is 355 g/mol. The van der Waals surface area contributed by atoms with E-state index >= 15 is 0 Å². The number of imidazole rings is 1. The van der Waals surface area contributed by atoms with Crippen molar-refractivity contribution >= 4 is 27.7 Å². The average Bonchev–Trinajstić information content (AvgIpc) is 3.28.